The van der Waals surface area contributed by atoms with Gasteiger partial charge in [-0.15, -0.1) is 6.58 Å². The number of primary amides is 1. The first-order chi connectivity index (χ1) is 9.48. The van der Waals surface area contributed by atoms with Gasteiger partial charge >= 0.3 is 6.18 Å². The molecule has 7 heteroatoms. The highest BCUT2D eigenvalue weighted by Crippen LogP contribution is 2.32. The van der Waals surface area contributed by atoms with Crippen LogP contribution in [0.4, 0.5) is 19.0 Å². The molecule has 0 spiro atoms. The first-order valence-electron chi connectivity index (χ1n) is 6.25. The van der Waals surface area contributed by atoms with E-state index in [0.717, 1.165) is 12.1 Å². The molecule has 1 aromatic heterocycles. The number of amides is 1. The number of carbonyl (C=O) groups excluding carboxylic acids is 1. The lowest BCUT2D eigenvalue weighted by Gasteiger charge is -2.37. The van der Waals surface area contributed by atoms with Gasteiger partial charge in [-0.05, 0) is 32.9 Å². The topological polar surface area (TPSA) is 59.2 Å². The van der Waals surface area contributed by atoms with Crippen molar-refractivity contribution in [3.05, 3.63) is 36.0 Å². The lowest BCUT2D eigenvalue weighted by Crippen LogP contribution is -2.43. The molecule has 0 saturated heterocycles. The summed E-state index contributed by atoms with van der Waals surface area (Å²) in [5.74, 6) is -0.922. The zero-order valence-corrected chi connectivity index (χ0v) is 12.2. The van der Waals surface area contributed by atoms with Crippen LogP contribution in [0.15, 0.2) is 24.8 Å². The van der Waals surface area contributed by atoms with Crippen LogP contribution in [0, 0.1) is 0 Å². The molecule has 1 heterocycles. The Kier molecular flexibility index (Phi) is 4.65. The van der Waals surface area contributed by atoms with Crippen molar-refractivity contribution in [1.29, 1.82) is 0 Å². The molecule has 0 unspecified atom stereocenters. The molecule has 1 aromatic rings. The highest BCUT2D eigenvalue weighted by molar-refractivity contribution is 5.97. The molecule has 0 radical (unpaired) electrons. The van der Waals surface area contributed by atoms with Crippen molar-refractivity contribution in [3.8, 4) is 0 Å². The fourth-order valence-corrected chi connectivity index (χ4v) is 1.81. The van der Waals surface area contributed by atoms with Crippen LogP contribution < -0.4 is 10.6 Å². The molecular formula is C14H18F3N3O. The van der Waals surface area contributed by atoms with Crippen LogP contribution >= 0.6 is 0 Å². The normalized spacial score (nSPS) is 12.1. The minimum absolute atomic E-state index is 0.0558. The molecule has 4 nitrogen and oxygen atoms in total. The maximum Gasteiger partial charge on any atom is 0.433 e. The van der Waals surface area contributed by atoms with Crippen LogP contribution in [0.3, 0.4) is 0 Å². The molecule has 2 N–H and O–H groups in total. The van der Waals surface area contributed by atoms with Gasteiger partial charge in [0, 0.05) is 12.1 Å². The Morgan fingerprint density at radius 1 is 1.38 bits per heavy atom. The highest BCUT2D eigenvalue weighted by Gasteiger charge is 2.35. The number of anilines is 1. The molecule has 1 rings (SSSR count). The van der Waals surface area contributed by atoms with Crippen molar-refractivity contribution in [3.63, 3.8) is 0 Å². The molecule has 1 amide bonds. The van der Waals surface area contributed by atoms with Gasteiger partial charge in [0.25, 0.3) is 5.91 Å². The average Bonchev–Trinajstić information content (AvgIpc) is 2.32. The third-order valence-electron chi connectivity index (χ3n) is 2.81. The molecule has 0 aliphatic heterocycles. The quantitative estimate of drug-likeness (QED) is 0.870. The molecule has 0 aromatic carbocycles. The molecular weight excluding hydrogens is 283 g/mol. The average molecular weight is 301 g/mol. The van der Waals surface area contributed by atoms with Gasteiger partial charge < -0.3 is 10.6 Å². The maximum absolute atomic E-state index is 12.8. The Morgan fingerprint density at radius 2 is 1.95 bits per heavy atom. The summed E-state index contributed by atoms with van der Waals surface area (Å²) in [4.78, 5) is 16.6. The van der Waals surface area contributed by atoms with Crippen LogP contribution in [0.1, 0.15) is 36.8 Å². The molecule has 0 aliphatic carbocycles. The number of halogens is 3. The molecule has 0 bridgehead atoms. The molecule has 116 valence electrons. The first kappa shape index (κ1) is 17.0. The summed E-state index contributed by atoms with van der Waals surface area (Å²) < 4.78 is 38.5. The molecule has 0 fully saturated rings. The zero-order chi connectivity index (χ0) is 16.4. The van der Waals surface area contributed by atoms with Gasteiger partial charge in [0.2, 0.25) is 0 Å². The molecule has 21 heavy (non-hydrogen) atoms. The van der Waals surface area contributed by atoms with Gasteiger partial charge in [0.05, 0.1) is 5.56 Å². The van der Waals surface area contributed by atoms with Crippen molar-refractivity contribution >= 4 is 11.7 Å². The molecule has 0 aliphatic rings. The van der Waals surface area contributed by atoms with Crippen LogP contribution in [-0.4, -0.2) is 23.0 Å². The van der Waals surface area contributed by atoms with Crippen LogP contribution in [-0.2, 0) is 6.18 Å². The van der Waals surface area contributed by atoms with E-state index in [4.69, 9.17) is 5.73 Å². The summed E-state index contributed by atoms with van der Waals surface area (Å²) in [7, 11) is 0. The number of pyridine rings is 1. The molecule has 0 atom stereocenters. The van der Waals surface area contributed by atoms with E-state index >= 15 is 0 Å². The summed E-state index contributed by atoms with van der Waals surface area (Å²) in [6.07, 6.45) is -3.07. The summed E-state index contributed by atoms with van der Waals surface area (Å²) in [5.41, 5.74) is 3.55. The standard InChI is InChI=1S/C14H18F3N3O/c1-5-8-20(13(2,3)4)12-9(11(18)21)6-7-10(19-12)14(15,16)17/h5-7H,1,8H2,2-4H3,(H2,18,21). The van der Waals surface area contributed by atoms with Crippen molar-refractivity contribution in [2.45, 2.75) is 32.5 Å². The Bertz CT molecular complexity index is 547. The fraction of sp³-hybridized carbons (Fsp3) is 0.429. The summed E-state index contributed by atoms with van der Waals surface area (Å²) in [5, 5.41) is 0. The Labute approximate surface area is 121 Å². The number of carbonyl (C=O) groups is 1. The maximum atomic E-state index is 12.8. The Hall–Kier alpha value is -2.05. The SMILES string of the molecule is C=CCN(c1nc(C(F)(F)F)ccc1C(N)=O)C(C)(C)C. The van der Waals surface area contributed by atoms with Crippen LogP contribution in [0.5, 0.6) is 0 Å². The second-order valence-corrected chi connectivity index (χ2v) is 5.50. The third-order valence-corrected chi connectivity index (χ3v) is 2.81. The van der Waals surface area contributed by atoms with Crippen molar-refractivity contribution in [2.75, 3.05) is 11.4 Å². The predicted octanol–water partition coefficient (Wildman–Crippen LogP) is 2.99. The van der Waals surface area contributed by atoms with E-state index in [9.17, 15) is 18.0 Å². The Balaban J connectivity index is 3.54. The monoisotopic (exact) mass is 301 g/mol. The predicted molar refractivity (Wildman–Crippen MR) is 75.1 cm³/mol. The number of alkyl halides is 3. The van der Waals surface area contributed by atoms with Crippen molar-refractivity contribution < 1.29 is 18.0 Å². The summed E-state index contributed by atoms with van der Waals surface area (Å²) in [6.45, 7) is 9.20. The number of aromatic nitrogens is 1. The number of hydrogen-bond donors (Lipinski definition) is 1. The number of nitrogens with two attached hydrogens (primary N) is 1. The van der Waals surface area contributed by atoms with Crippen LogP contribution in [0.25, 0.3) is 0 Å². The lowest BCUT2D eigenvalue weighted by molar-refractivity contribution is -0.141. The zero-order valence-electron chi connectivity index (χ0n) is 12.2. The minimum Gasteiger partial charge on any atom is -0.365 e. The van der Waals surface area contributed by atoms with Gasteiger partial charge in [-0.3, -0.25) is 4.79 Å². The summed E-state index contributed by atoms with van der Waals surface area (Å²) in [6, 6.07) is 1.80. The van der Waals surface area contributed by atoms with Crippen molar-refractivity contribution in [2.24, 2.45) is 5.73 Å². The van der Waals surface area contributed by atoms with E-state index in [-0.39, 0.29) is 17.9 Å². The largest absolute Gasteiger partial charge is 0.433 e. The smallest absolute Gasteiger partial charge is 0.365 e. The summed E-state index contributed by atoms with van der Waals surface area (Å²) >= 11 is 0. The Morgan fingerprint density at radius 3 is 2.33 bits per heavy atom. The van der Waals surface area contributed by atoms with E-state index in [1.54, 1.807) is 25.7 Å². The van der Waals surface area contributed by atoms with E-state index in [1.165, 1.54) is 6.08 Å². The van der Waals surface area contributed by atoms with E-state index in [0.29, 0.717) is 0 Å². The third kappa shape index (κ3) is 3.96. The second-order valence-electron chi connectivity index (χ2n) is 5.50. The van der Waals surface area contributed by atoms with E-state index in [1.807, 2.05) is 0 Å². The van der Waals surface area contributed by atoms with Gasteiger partial charge in [-0.2, -0.15) is 13.2 Å². The van der Waals surface area contributed by atoms with Gasteiger partial charge in [-0.25, -0.2) is 4.98 Å². The fourth-order valence-electron chi connectivity index (χ4n) is 1.81. The molecule has 0 saturated carbocycles. The number of hydrogen-bond acceptors (Lipinski definition) is 3. The first-order valence-corrected chi connectivity index (χ1v) is 6.25. The minimum atomic E-state index is -4.59. The second kappa shape index (κ2) is 5.75. The number of nitrogens with zero attached hydrogens (tertiary/aromatic N) is 2. The highest BCUT2D eigenvalue weighted by atomic mass is 19.4. The van der Waals surface area contributed by atoms with Gasteiger partial charge in [-0.1, -0.05) is 6.08 Å². The van der Waals surface area contributed by atoms with E-state index < -0.39 is 23.3 Å². The lowest BCUT2D eigenvalue weighted by atomic mass is 10.0. The van der Waals surface area contributed by atoms with Gasteiger partial charge in [0.1, 0.15) is 11.5 Å². The van der Waals surface area contributed by atoms with E-state index in [2.05, 4.69) is 11.6 Å². The number of rotatable bonds is 4. The van der Waals surface area contributed by atoms with Gasteiger partial charge in [0.15, 0.2) is 0 Å². The van der Waals surface area contributed by atoms with Crippen LogP contribution in [0.2, 0.25) is 0 Å². The van der Waals surface area contributed by atoms with Crippen molar-refractivity contribution in [1.82, 2.24) is 4.98 Å².